The maximum Gasteiger partial charge on any atom is 0.416 e. The number of amides is 2. The second kappa shape index (κ2) is 8.34. The van der Waals surface area contributed by atoms with Crippen molar-refractivity contribution in [3.63, 3.8) is 0 Å². The summed E-state index contributed by atoms with van der Waals surface area (Å²) < 4.78 is 44.8. The quantitative estimate of drug-likeness (QED) is 0.746. The van der Waals surface area contributed by atoms with Crippen LogP contribution in [0.1, 0.15) is 28.7 Å². The molecule has 1 aliphatic heterocycles. The number of hydrogen-bond acceptors (Lipinski definition) is 3. The summed E-state index contributed by atoms with van der Waals surface area (Å²) >= 11 is 0. The Balaban J connectivity index is 1.93. The van der Waals surface area contributed by atoms with Crippen molar-refractivity contribution < 1.29 is 27.5 Å². The lowest BCUT2D eigenvalue weighted by molar-refractivity contribution is -0.137. The molecule has 1 aliphatic rings. The average molecular weight is 434 g/mol. The highest BCUT2D eigenvalue weighted by Crippen LogP contribution is 2.39. The lowest BCUT2D eigenvalue weighted by Gasteiger charge is -2.28. The molecule has 1 saturated heterocycles. The van der Waals surface area contributed by atoms with E-state index in [1.807, 2.05) is 32.0 Å². The molecule has 2 aromatic carbocycles. The number of carbonyl (C=O) groups excluding carboxylic acids is 2. The van der Waals surface area contributed by atoms with Crippen LogP contribution in [0.4, 0.5) is 24.5 Å². The first-order chi connectivity index (χ1) is 14.5. The molecule has 0 aromatic heterocycles. The highest BCUT2D eigenvalue weighted by atomic mass is 19.4. The molecule has 1 heterocycles. The van der Waals surface area contributed by atoms with E-state index >= 15 is 0 Å². The molecule has 0 saturated carbocycles. The molecule has 2 aromatic rings. The number of nitrogens with one attached hydrogen (secondary N) is 1. The molecule has 1 atom stereocenters. The van der Waals surface area contributed by atoms with Gasteiger partial charge in [-0.05, 0) is 55.7 Å². The van der Waals surface area contributed by atoms with Crippen LogP contribution in [-0.2, 0) is 20.5 Å². The molecular formula is C23H25F3N2O3. The zero-order chi connectivity index (χ0) is 23.0. The maximum absolute atomic E-state index is 13.2. The van der Waals surface area contributed by atoms with Crippen LogP contribution < -0.4 is 10.2 Å². The van der Waals surface area contributed by atoms with E-state index in [1.165, 1.54) is 20.1 Å². The number of anilines is 2. The minimum absolute atomic E-state index is 0.0331. The topological polar surface area (TPSA) is 58.6 Å². The van der Waals surface area contributed by atoms with Crippen molar-refractivity contribution in [1.82, 2.24) is 0 Å². The summed E-state index contributed by atoms with van der Waals surface area (Å²) in [5, 5.41) is 2.59. The molecule has 166 valence electrons. The molecule has 1 unspecified atom stereocenters. The van der Waals surface area contributed by atoms with Crippen molar-refractivity contribution in [3.8, 4) is 0 Å². The molecule has 5 nitrogen and oxygen atoms in total. The van der Waals surface area contributed by atoms with Gasteiger partial charge in [0.25, 0.3) is 0 Å². The monoisotopic (exact) mass is 434 g/mol. The van der Waals surface area contributed by atoms with Crippen LogP contribution in [0.25, 0.3) is 0 Å². The molecule has 0 aliphatic carbocycles. The highest BCUT2D eigenvalue weighted by Gasteiger charge is 2.50. The van der Waals surface area contributed by atoms with Gasteiger partial charge in [-0.3, -0.25) is 9.59 Å². The number of ether oxygens (including phenoxy) is 1. The number of carbonyl (C=O) groups is 2. The van der Waals surface area contributed by atoms with Crippen molar-refractivity contribution in [2.24, 2.45) is 5.41 Å². The molecule has 1 fully saturated rings. The van der Waals surface area contributed by atoms with Gasteiger partial charge in [0.15, 0.2) is 0 Å². The number of alkyl halides is 3. The summed E-state index contributed by atoms with van der Waals surface area (Å²) in [4.78, 5) is 27.7. The van der Waals surface area contributed by atoms with Gasteiger partial charge < -0.3 is 15.0 Å². The minimum atomic E-state index is -4.53. The molecule has 31 heavy (non-hydrogen) atoms. The Bertz CT molecular complexity index is 999. The Kier molecular flexibility index (Phi) is 6.14. The first-order valence-corrected chi connectivity index (χ1v) is 9.83. The second-order valence-electron chi connectivity index (χ2n) is 8.15. The summed E-state index contributed by atoms with van der Waals surface area (Å²) in [5.41, 5.74) is 0.877. The molecule has 0 radical (unpaired) electrons. The minimum Gasteiger partial charge on any atom is -0.383 e. The third-order valence-electron chi connectivity index (χ3n) is 5.53. The molecule has 0 spiro atoms. The van der Waals surface area contributed by atoms with Gasteiger partial charge in [0.1, 0.15) is 0 Å². The van der Waals surface area contributed by atoms with Gasteiger partial charge in [-0.2, -0.15) is 13.2 Å². The molecule has 1 N–H and O–H groups in total. The number of rotatable bonds is 5. The number of benzene rings is 2. The van der Waals surface area contributed by atoms with Crippen molar-refractivity contribution in [2.45, 2.75) is 33.4 Å². The summed E-state index contributed by atoms with van der Waals surface area (Å²) in [5.74, 6) is -0.778. The first-order valence-electron chi connectivity index (χ1n) is 9.83. The summed E-state index contributed by atoms with van der Waals surface area (Å²) in [7, 11) is 1.43. The predicted molar refractivity (Wildman–Crippen MR) is 112 cm³/mol. The van der Waals surface area contributed by atoms with E-state index < -0.39 is 23.1 Å². The fourth-order valence-electron chi connectivity index (χ4n) is 4.14. The lowest BCUT2D eigenvalue weighted by Crippen LogP contribution is -2.42. The number of para-hydroxylation sites is 1. The van der Waals surface area contributed by atoms with Gasteiger partial charge in [0, 0.05) is 31.5 Å². The van der Waals surface area contributed by atoms with Gasteiger partial charge in [0.05, 0.1) is 17.6 Å². The number of hydrogen-bond donors (Lipinski definition) is 1. The highest BCUT2D eigenvalue weighted by molar-refractivity contribution is 6.06. The standard InChI is InChI=1S/C23H25F3N2O3/c1-14-8-17(23(24,25)26)10-18(9-14)27-21(30)22(13-31-4)11-19(29)28(12-22)20-15(2)6-5-7-16(20)3/h5-10H,11-13H2,1-4H3,(H,27,30). The second-order valence-corrected chi connectivity index (χ2v) is 8.15. The Hall–Kier alpha value is -2.87. The molecule has 2 amide bonds. The third kappa shape index (κ3) is 4.58. The van der Waals surface area contributed by atoms with Crippen molar-refractivity contribution in [3.05, 3.63) is 58.7 Å². The fraction of sp³-hybridized carbons (Fsp3) is 0.391. The van der Waals surface area contributed by atoms with Gasteiger partial charge >= 0.3 is 6.18 Å². The van der Waals surface area contributed by atoms with Crippen LogP contribution >= 0.6 is 0 Å². The first kappa shape index (κ1) is 22.8. The number of aryl methyl sites for hydroxylation is 3. The normalized spacial score (nSPS) is 19.1. The largest absolute Gasteiger partial charge is 0.416 e. The van der Waals surface area contributed by atoms with E-state index in [9.17, 15) is 22.8 Å². The van der Waals surface area contributed by atoms with Gasteiger partial charge in [0.2, 0.25) is 11.8 Å². The molecule has 0 bridgehead atoms. The Morgan fingerprint density at radius 1 is 1.16 bits per heavy atom. The van der Waals surface area contributed by atoms with Crippen LogP contribution in [0.3, 0.4) is 0 Å². The smallest absolute Gasteiger partial charge is 0.383 e. The van der Waals surface area contributed by atoms with Crippen molar-refractivity contribution >= 4 is 23.2 Å². The third-order valence-corrected chi connectivity index (χ3v) is 5.53. The molecular weight excluding hydrogens is 409 g/mol. The zero-order valence-corrected chi connectivity index (χ0v) is 17.9. The summed E-state index contributed by atoms with van der Waals surface area (Å²) in [6.45, 7) is 5.34. The summed E-state index contributed by atoms with van der Waals surface area (Å²) in [6.07, 6.45) is -4.63. The van der Waals surface area contributed by atoms with Crippen LogP contribution in [0.15, 0.2) is 36.4 Å². The zero-order valence-electron chi connectivity index (χ0n) is 17.9. The van der Waals surface area contributed by atoms with E-state index in [-0.39, 0.29) is 31.2 Å². The van der Waals surface area contributed by atoms with E-state index in [2.05, 4.69) is 5.32 Å². The van der Waals surface area contributed by atoms with Gasteiger partial charge in [-0.25, -0.2) is 0 Å². The van der Waals surface area contributed by atoms with Crippen LogP contribution in [-0.4, -0.2) is 32.1 Å². The van der Waals surface area contributed by atoms with E-state index in [1.54, 1.807) is 4.90 Å². The van der Waals surface area contributed by atoms with E-state index in [4.69, 9.17) is 4.74 Å². The Labute approximate surface area is 179 Å². The van der Waals surface area contributed by atoms with Crippen LogP contribution in [0.5, 0.6) is 0 Å². The van der Waals surface area contributed by atoms with E-state index in [0.717, 1.165) is 28.9 Å². The van der Waals surface area contributed by atoms with Gasteiger partial charge in [-0.15, -0.1) is 0 Å². The van der Waals surface area contributed by atoms with Crippen molar-refractivity contribution in [1.29, 1.82) is 0 Å². The van der Waals surface area contributed by atoms with Crippen LogP contribution in [0, 0.1) is 26.2 Å². The number of halogens is 3. The average Bonchev–Trinajstić information content (AvgIpc) is 2.98. The van der Waals surface area contributed by atoms with E-state index in [0.29, 0.717) is 5.56 Å². The Morgan fingerprint density at radius 3 is 2.39 bits per heavy atom. The lowest BCUT2D eigenvalue weighted by atomic mass is 9.86. The molecule has 8 heteroatoms. The SMILES string of the molecule is COCC1(C(=O)Nc2cc(C)cc(C(F)(F)F)c2)CC(=O)N(c2c(C)cccc2C)C1. The van der Waals surface area contributed by atoms with Gasteiger partial charge in [-0.1, -0.05) is 18.2 Å². The number of methoxy groups -OCH3 is 1. The van der Waals surface area contributed by atoms with Crippen molar-refractivity contribution in [2.75, 3.05) is 30.5 Å². The Morgan fingerprint density at radius 2 is 1.81 bits per heavy atom. The fourth-order valence-corrected chi connectivity index (χ4v) is 4.14. The van der Waals surface area contributed by atoms with Crippen LogP contribution in [0.2, 0.25) is 0 Å². The predicted octanol–water partition coefficient (Wildman–Crippen LogP) is 4.64. The molecule has 3 rings (SSSR count). The summed E-state index contributed by atoms with van der Waals surface area (Å²) in [6, 6.07) is 9.04. The number of nitrogens with zero attached hydrogens (tertiary/aromatic N) is 1. The maximum atomic E-state index is 13.2.